The van der Waals surface area contributed by atoms with Crippen LogP contribution in [0, 0.1) is 0 Å². The van der Waals surface area contributed by atoms with Crippen molar-refractivity contribution < 1.29 is 42.2 Å². The molecule has 1 aromatic heterocycles. The van der Waals surface area contributed by atoms with Gasteiger partial charge in [-0.2, -0.15) is 13.8 Å². The molecule has 1 fully saturated rings. The highest BCUT2D eigenvalue weighted by Crippen LogP contribution is 2.49. The second-order valence-electron chi connectivity index (χ2n) is 4.87. The smallest absolute Gasteiger partial charge is 0.383 e. The number of nitrogens with two attached hydrogens (primary N) is 1. The molecular weight excluding hydrogens is 359 g/mol. The van der Waals surface area contributed by atoms with Gasteiger partial charge >= 0.3 is 19.4 Å². The Balaban J connectivity index is 2.42. The molecular formula is C10H14F2N3O8P. The zero-order valence-electron chi connectivity index (χ0n) is 12.1. The number of anilines is 1. The van der Waals surface area contributed by atoms with Gasteiger partial charge in [-0.05, 0) is 6.07 Å². The molecule has 0 radical (unpaired) electrons. The van der Waals surface area contributed by atoms with Crippen molar-refractivity contribution in [1.29, 1.82) is 0 Å². The van der Waals surface area contributed by atoms with E-state index in [2.05, 4.69) is 14.2 Å². The van der Waals surface area contributed by atoms with E-state index in [-0.39, 0.29) is 5.82 Å². The first kappa shape index (κ1) is 18.9. The van der Waals surface area contributed by atoms with Gasteiger partial charge in [0, 0.05) is 13.3 Å². The largest absolute Gasteiger partial charge is 0.469 e. The van der Waals surface area contributed by atoms with Crippen LogP contribution in [0.2, 0.25) is 0 Å². The van der Waals surface area contributed by atoms with Crippen molar-refractivity contribution in [3.05, 3.63) is 22.7 Å². The number of aliphatic hydroxyl groups excluding tert-OH is 1. The summed E-state index contributed by atoms with van der Waals surface area (Å²) in [6.07, 6.45) is -4.20. The van der Waals surface area contributed by atoms with E-state index in [9.17, 15) is 23.2 Å². The molecule has 0 amide bonds. The maximum absolute atomic E-state index is 14.3. The average molecular weight is 373 g/mol. The first-order valence-electron chi connectivity index (χ1n) is 6.26. The number of hydrogen-bond acceptors (Lipinski definition) is 8. The van der Waals surface area contributed by atoms with Crippen molar-refractivity contribution >= 4 is 13.6 Å². The Kier molecular flexibility index (Phi) is 4.80. The molecule has 1 aliphatic heterocycles. The molecule has 1 aliphatic rings. The fourth-order valence-electron chi connectivity index (χ4n) is 2.11. The molecule has 0 spiro atoms. The molecule has 3 atom stereocenters. The van der Waals surface area contributed by atoms with Crippen molar-refractivity contribution in [2.45, 2.75) is 24.0 Å². The Bertz CT molecular complexity index is 724. The molecule has 2 heterocycles. The second kappa shape index (κ2) is 6.11. The zero-order valence-corrected chi connectivity index (χ0v) is 13.0. The van der Waals surface area contributed by atoms with Crippen LogP contribution >= 0.6 is 7.82 Å². The van der Waals surface area contributed by atoms with Crippen LogP contribution in [0.15, 0.2) is 17.1 Å². The Hall–Kier alpha value is -1.47. The van der Waals surface area contributed by atoms with Crippen molar-refractivity contribution in [1.82, 2.24) is 9.55 Å². The summed E-state index contributed by atoms with van der Waals surface area (Å²) in [6.45, 7) is -1.22. The SMILES string of the molecule is CO[C@]1(COP(=O)(O)O)OC(n2ccc(N)nc2=O)C(F)(F)[C@@H]1O. The third-order valence-corrected chi connectivity index (χ3v) is 3.77. The number of methoxy groups -OCH3 is 1. The van der Waals surface area contributed by atoms with Gasteiger partial charge in [-0.3, -0.25) is 9.09 Å². The number of nitrogen functional groups attached to an aromatic ring is 1. The fourth-order valence-corrected chi connectivity index (χ4v) is 2.46. The van der Waals surface area contributed by atoms with Crippen LogP contribution in [0.25, 0.3) is 0 Å². The number of nitrogens with zero attached hydrogens (tertiary/aromatic N) is 2. The minimum Gasteiger partial charge on any atom is -0.383 e. The summed E-state index contributed by atoms with van der Waals surface area (Å²) in [5, 5.41) is 9.85. The third kappa shape index (κ3) is 3.32. The predicted octanol–water partition coefficient (Wildman–Crippen LogP) is -1.20. The second-order valence-corrected chi connectivity index (χ2v) is 6.11. The number of rotatable bonds is 5. The fraction of sp³-hybridized carbons (Fsp3) is 0.600. The topological polar surface area (TPSA) is 166 Å². The van der Waals surface area contributed by atoms with Crippen molar-refractivity contribution in [3.8, 4) is 0 Å². The highest BCUT2D eigenvalue weighted by molar-refractivity contribution is 7.46. The maximum Gasteiger partial charge on any atom is 0.469 e. The number of ether oxygens (including phenoxy) is 2. The van der Waals surface area contributed by atoms with Gasteiger partial charge in [0.1, 0.15) is 12.4 Å². The van der Waals surface area contributed by atoms with Crippen molar-refractivity contribution in [2.24, 2.45) is 0 Å². The van der Waals surface area contributed by atoms with E-state index in [0.717, 1.165) is 19.4 Å². The number of aromatic nitrogens is 2. The monoisotopic (exact) mass is 373 g/mol. The van der Waals surface area contributed by atoms with Crippen LogP contribution in [0.4, 0.5) is 14.6 Å². The number of alkyl halides is 2. The Morgan fingerprint density at radius 2 is 2.17 bits per heavy atom. The van der Waals surface area contributed by atoms with Gasteiger partial charge in [-0.25, -0.2) is 9.36 Å². The van der Waals surface area contributed by atoms with Gasteiger partial charge in [0.15, 0.2) is 6.10 Å². The molecule has 24 heavy (non-hydrogen) atoms. The third-order valence-electron chi connectivity index (χ3n) is 3.31. The lowest BCUT2D eigenvalue weighted by atomic mass is 10.1. The molecule has 5 N–H and O–H groups in total. The van der Waals surface area contributed by atoms with Crippen LogP contribution in [-0.4, -0.2) is 56.0 Å². The number of halogens is 2. The minimum absolute atomic E-state index is 0.221. The Morgan fingerprint density at radius 3 is 2.67 bits per heavy atom. The predicted molar refractivity (Wildman–Crippen MR) is 71.7 cm³/mol. The molecule has 1 aromatic rings. The normalized spacial score (nSPS) is 29.8. The first-order valence-corrected chi connectivity index (χ1v) is 7.79. The average Bonchev–Trinajstić information content (AvgIpc) is 2.66. The molecule has 136 valence electrons. The highest BCUT2D eigenvalue weighted by atomic mass is 31.2. The van der Waals surface area contributed by atoms with Crippen LogP contribution in [0.3, 0.4) is 0 Å². The number of aliphatic hydroxyl groups is 1. The van der Waals surface area contributed by atoms with Gasteiger partial charge in [-0.15, -0.1) is 0 Å². The van der Waals surface area contributed by atoms with Gasteiger partial charge in [0.25, 0.3) is 0 Å². The van der Waals surface area contributed by atoms with Crippen LogP contribution in [0.5, 0.6) is 0 Å². The van der Waals surface area contributed by atoms with Gasteiger partial charge in [-0.1, -0.05) is 0 Å². The maximum atomic E-state index is 14.3. The highest BCUT2D eigenvalue weighted by Gasteiger charge is 2.68. The van der Waals surface area contributed by atoms with E-state index in [4.69, 9.17) is 20.3 Å². The number of phosphoric acid groups is 1. The lowest BCUT2D eigenvalue weighted by Crippen LogP contribution is -2.50. The van der Waals surface area contributed by atoms with E-state index >= 15 is 0 Å². The zero-order chi connectivity index (χ0) is 18.3. The first-order chi connectivity index (χ1) is 10.9. The summed E-state index contributed by atoms with van der Waals surface area (Å²) in [5.74, 6) is -6.92. The molecule has 1 saturated heterocycles. The molecule has 0 aromatic carbocycles. The van der Waals surface area contributed by atoms with E-state index in [1.165, 1.54) is 0 Å². The standard InChI is InChI=1S/C10H14F2N3O8P/c1-21-9(4-22-24(18,19)20)6(16)10(11,12)7(23-9)15-3-2-5(13)14-8(15)17/h2-3,6-7,16H,4H2,1H3,(H2,13,14,17)(H2,18,19,20)/t6-,7?,9-/m1/s1. The lowest BCUT2D eigenvalue weighted by molar-refractivity contribution is -0.267. The summed E-state index contributed by atoms with van der Waals surface area (Å²) in [4.78, 5) is 32.4. The summed E-state index contributed by atoms with van der Waals surface area (Å²) in [6, 6.07) is 1.05. The van der Waals surface area contributed by atoms with E-state index in [1.54, 1.807) is 0 Å². The van der Waals surface area contributed by atoms with Crippen molar-refractivity contribution in [3.63, 3.8) is 0 Å². The number of hydrogen-bond donors (Lipinski definition) is 4. The van der Waals surface area contributed by atoms with Crippen LogP contribution in [0.1, 0.15) is 6.23 Å². The Morgan fingerprint density at radius 1 is 1.54 bits per heavy atom. The van der Waals surface area contributed by atoms with E-state index in [0.29, 0.717) is 4.57 Å². The quantitative estimate of drug-likeness (QED) is 0.461. The van der Waals surface area contributed by atoms with Crippen LogP contribution < -0.4 is 11.4 Å². The van der Waals surface area contributed by atoms with Gasteiger partial charge in [0.2, 0.25) is 12.0 Å². The van der Waals surface area contributed by atoms with E-state index in [1.807, 2.05) is 0 Å². The minimum atomic E-state index is -5.06. The summed E-state index contributed by atoms with van der Waals surface area (Å²) in [7, 11) is -4.21. The molecule has 11 nitrogen and oxygen atoms in total. The molecule has 2 rings (SSSR count). The number of phosphoric ester groups is 1. The summed E-state index contributed by atoms with van der Waals surface area (Å²) in [5.41, 5.74) is 4.08. The lowest BCUT2D eigenvalue weighted by Gasteiger charge is -2.29. The summed E-state index contributed by atoms with van der Waals surface area (Å²) >= 11 is 0. The van der Waals surface area contributed by atoms with Crippen LogP contribution in [-0.2, 0) is 18.6 Å². The van der Waals surface area contributed by atoms with Gasteiger partial charge in [0.05, 0.1) is 0 Å². The molecule has 14 heteroatoms. The summed E-state index contributed by atoms with van der Waals surface area (Å²) < 4.78 is 53.5. The molecule has 0 bridgehead atoms. The molecule has 1 unspecified atom stereocenters. The van der Waals surface area contributed by atoms with Crippen molar-refractivity contribution in [2.75, 3.05) is 19.5 Å². The van der Waals surface area contributed by atoms with E-state index < -0.39 is 44.2 Å². The van der Waals surface area contributed by atoms with Gasteiger partial charge < -0.3 is 30.1 Å². The molecule has 0 saturated carbocycles. The Labute approximate surface area is 132 Å². The molecule has 0 aliphatic carbocycles.